The van der Waals surface area contributed by atoms with Crippen molar-refractivity contribution in [2.75, 3.05) is 7.11 Å². The zero-order valence-electron chi connectivity index (χ0n) is 9.53. The number of hydrogen-bond acceptors (Lipinski definition) is 4. The van der Waals surface area contributed by atoms with Gasteiger partial charge in [0.05, 0.1) is 24.3 Å². The van der Waals surface area contributed by atoms with Gasteiger partial charge in [0.25, 0.3) is 5.69 Å². The number of methoxy groups -OCH3 is 1. The first kappa shape index (κ1) is 13.4. The molecule has 0 aromatic heterocycles. The molecule has 0 aliphatic rings. The van der Waals surface area contributed by atoms with E-state index in [1.54, 1.807) is 13.0 Å². The standard InChI is InChI=1S/C11H12ClNO4/c1-7-3-8(5-11(14)17-2)9(6-12)10(4-7)13(15)16/h3-4H,5-6H2,1-2H3. The van der Waals surface area contributed by atoms with Gasteiger partial charge in [-0.3, -0.25) is 14.9 Å². The molecule has 17 heavy (non-hydrogen) atoms. The number of carbonyl (C=O) groups is 1. The molecule has 6 heteroatoms. The number of nitrogens with zero attached hydrogens (tertiary/aromatic N) is 1. The number of rotatable bonds is 4. The highest BCUT2D eigenvalue weighted by atomic mass is 35.5. The minimum absolute atomic E-state index is 0.0110. The number of ether oxygens (including phenoxy) is 1. The molecule has 5 nitrogen and oxygen atoms in total. The molecule has 1 rings (SSSR count). The van der Waals surface area contributed by atoms with Gasteiger partial charge in [-0.05, 0) is 18.1 Å². The monoisotopic (exact) mass is 257 g/mol. The Balaban J connectivity index is 3.27. The summed E-state index contributed by atoms with van der Waals surface area (Å²) in [5.74, 6) is -0.459. The van der Waals surface area contributed by atoms with Gasteiger partial charge >= 0.3 is 5.97 Å². The van der Waals surface area contributed by atoms with Gasteiger partial charge in [0.1, 0.15) is 0 Å². The molecule has 0 spiro atoms. The third-order valence-electron chi connectivity index (χ3n) is 2.36. The van der Waals surface area contributed by atoms with Crippen molar-refractivity contribution in [2.45, 2.75) is 19.2 Å². The van der Waals surface area contributed by atoms with Crippen molar-refractivity contribution in [1.82, 2.24) is 0 Å². The van der Waals surface area contributed by atoms with Crippen molar-refractivity contribution in [2.24, 2.45) is 0 Å². The number of nitro groups is 1. The van der Waals surface area contributed by atoms with Gasteiger partial charge in [-0.25, -0.2) is 0 Å². The molecule has 0 saturated carbocycles. The van der Waals surface area contributed by atoms with Crippen LogP contribution in [0, 0.1) is 17.0 Å². The third-order valence-corrected chi connectivity index (χ3v) is 2.62. The number of esters is 1. The summed E-state index contributed by atoms with van der Waals surface area (Å²) in [7, 11) is 1.27. The van der Waals surface area contributed by atoms with E-state index in [0.717, 1.165) is 0 Å². The highest BCUT2D eigenvalue weighted by Gasteiger charge is 2.19. The van der Waals surface area contributed by atoms with Gasteiger partial charge in [0, 0.05) is 11.6 Å². The topological polar surface area (TPSA) is 69.4 Å². The lowest BCUT2D eigenvalue weighted by atomic mass is 10.0. The summed E-state index contributed by atoms with van der Waals surface area (Å²) in [6.45, 7) is 1.73. The molecule has 0 N–H and O–H groups in total. The van der Waals surface area contributed by atoms with Gasteiger partial charge in [0.2, 0.25) is 0 Å². The van der Waals surface area contributed by atoms with Crippen molar-refractivity contribution >= 4 is 23.3 Å². The maximum absolute atomic E-state index is 11.2. The molecule has 0 fully saturated rings. The van der Waals surface area contributed by atoms with Crippen LogP contribution in [0.4, 0.5) is 5.69 Å². The Bertz CT molecular complexity index is 459. The van der Waals surface area contributed by atoms with E-state index in [9.17, 15) is 14.9 Å². The number of hydrogen-bond donors (Lipinski definition) is 0. The second kappa shape index (κ2) is 5.63. The van der Waals surface area contributed by atoms with Gasteiger partial charge in [-0.2, -0.15) is 0 Å². The maximum Gasteiger partial charge on any atom is 0.309 e. The minimum Gasteiger partial charge on any atom is -0.469 e. The molecule has 0 bridgehead atoms. The normalized spacial score (nSPS) is 10.1. The summed E-state index contributed by atoms with van der Waals surface area (Å²) in [4.78, 5) is 21.6. The average molecular weight is 258 g/mol. The number of nitro benzene ring substituents is 1. The van der Waals surface area contributed by atoms with E-state index < -0.39 is 10.9 Å². The molecule has 0 heterocycles. The molecule has 92 valence electrons. The first-order valence-corrected chi connectivity index (χ1v) is 5.42. The Kier molecular flexibility index (Phi) is 4.45. The molecule has 0 atom stereocenters. The third kappa shape index (κ3) is 3.17. The van der Waals surface area contributed by atoms with E-state index in [1.807, 2.05) is 0 Å². The van der Waals surface area contributed by atoms with E-state index in [1.165, 1.54) is 13.2 Å². The lowest BCUT2D eigenvalue weighted by molar-refractivity contribution is -0.385. The smallest absolute Gasteiger partial charge is 0.309 e. The molecule has 0 radical (unpaired) electrons. The Morgan fingerprint density at radius 3 is 2.65 bits per heavy atom. The summed E-state index contributed by atoms with van der Waals surface area (Å²) >= 11 is 5.70. The fourth-order valence-corrected chi connectivity index (χ4v) is 1.88. The van der Waals surface area contributed by atoms with Crippen molar-refractivity contribution < 1.29 is 14.5 Å². The number of alkyl halides is 1. The molecule has 1 aromatic carbocycles. The van der Waals surface area contributed by atoms with Gasteiger partial charge in [-0.1, -0.05) is 6.07 Å². The van der Waals surface area contributed by atoms with Crippen molar-refractivity contribution in [1.29, 1.82) is 0 Å². The van der Waals surface area contributed by atoms with Crippen LogP contribution in [-0.4, -0.2) is 18.0 Å². The molecular formula is C11H12ClNO4. The van der Waals surface area contributed by atoms with E-state index in [0.29, 0.717) is 16.7 Å². The van der Waals surface area contributed by atoms with Crippen molar-refractivity contribution in [3.8, 4) is 0 Å². The summed E-state index contributed by atoms with van der Waals surface area (Å²) in [5, 5.41) is 10.9. The highest BCUT2D eigenvalue weighted by molar-refractivity contribution is 6.17. The molecule has 1 aromatic rings. The highest BCUT2D eigenvalue weighted by Crippen LogP contribution is 2.26. The zero-order valence-corrected chi connectivity index (χ0v) is 10.3. The van der Waals surface area contributed by atoms with E-state index in [-0.39, 0.29) is 18.0 Å². The lowest BCUT2D eigenvalue weighted by Crippen LogP contribution is -2.08. The predicted molar refractivity (Wildman–Crippen MR) is 63.1 cm³/mol. The largest absolute Gasteiger partial charge is 0.469 e. The number of halogens is 1. The van der Waals surface area contributed by atoms with Crippen LogP contribution in [-0.2, 0) is 21.8 Å². The van der Waals surface area contributed by atoms with Gasteiger partial charge in [-0.15, -0.1) is 11.6 Å². The number of aryl methyl sites for hydroxylation is 1. The van der Waals surface area contributed by atoms with Crippen LogP contribution >= 0.6 is 11.6 Å². The quantitative estimate of drug-likeness (QED) is 0.359. The van der Waals surface area contributed by atoms with Crippen LogP contribution in [0.25, 0.3) is 0 Å². The lowest BCUT2D eigenvalue weighted by Gasteiger charge is -2.08. The zero-order chi connectivity index (χ0) is 13.0. The predicted octanol–water partition coefficient (Wildman–Crippen LogP) is 2.36. The second-order valence-electron chi connectivity index (χ2n) is 3.57. The van der Waals surface area contributed by atoms with Crippen LogP contribution < -0.4 is 0 Å². The Morgan fingerprint density at radius 2 is 2.18 bits per heavy atom. The summed E-state index contributed by atoms with van der Waals surface area (Å²) in [5.41, 5.74) is 1.56. The second-order valence-corrected chi connectivity index (χ2v) is 3.83. The summed E-state index contributed by atoms with van der Waals surface area (Å²) in [6, 6.07) is 3.15. The Labute approximate surface area is 103 Å². The van der Waals surface area contributed by atoms with Crippen molar-refractivity contribution in [3.05, 3.63) is 38.9 Å². The fraction of sp³-hybridized carbons (Fsp3) is 0.364. The fourth-order valence-electron chi connectivity index (χ4n) is 1.57. The molecule has 0 amide bonds. The Morgan fingerprint density at radius 1 is 1.53 bits per heavy atom. The van der Waals surface area contributed by atoms with E-state index in [4.69, 9.17) is 11.6 Å². The molecular weight excluding hydrogens is 246 g/mol. The first-order valence-electron chi connectivity index (χ1n) is 4.89. The van der Waals surface area contributed by atoms with E-state index >= 15 is 0 Å². The summed E-state index contributed by atoms with van der Waals surface area (Å²) in [6.07, 6.45) is -0.0128. The van der Waals surface area contributed by atoms with Crippen molar-refractivity contribution in [3.63, 3.8) is 0 Å². The summed E-state index contributed by atoms with van der Waals surface area (Å²) < 4.78 is 4.54. The first-order chi connectivity index (χ1) is 7.99. The van der Waals surface area contributed by atoms with Gasteiger partial charge < -0.3 is 4.74 Å². The van der Waals surface area contributed by atoms with Crippen LogP contribution in [0.15, 0.2) is 12.1 Å². The van der Waals surface area contributed by atoms with Gasteiger partial charge in [0.15, 0.2) is 0 Å². The SMILES string of the molecule is COC(=O)Cc1cc(C)cc([N+](=O)[O-])c1CCl. The van der Waals surface area contributed by atoms with Crippen LogP contribution in [0.1, 0.15) is 16.7 Å². The number of carbonyl (C=O) groups excluding carboxylic acids is 1. The molecule has 0 aliphatic heterocycles. The van der Waals surface area contributed by atoms with Crippen LogP contribution in [0.5, 0.6) is 0 Å². The molecule has 0 aliphatic carbocycles. The van der Waals surface area contributed by atoms with Crippen LogP contribution in [0.3, 0.4) is 0 Å². The van der Waals surface area contributed by atoms with Crippen LogP contribution in [0.2, 0.25) is 0 Å². The maximum atomic E-state index is 11.2. The minimum atomic E-state index is -0.495. The average Bonchev–Trinajstić information content (AvgIpc) is 2.28. The Hall–Kier alpha value is -1.62. The number of benzene rings is 1. The van der Waals surface area contributed by atoms with E-state index in [2.05, 4.69) is 4.74 Å². The molecule has 0 unspecified atom stereocenters. The molecule has 0 saturated heterocycles.